The van der Waals surface area contributed by atoms with Crippen LogP contribution in [0.3, 0.4) is 0 Å². The Labute approximate surface area is 181 Å². The van der Waals surface area contributed by atoms with E-state index in [-0.39, 0.29) is 16.3 Å². The molecular weight excluding hydrogens is 429 g/mol. The van der Waals surface area contributed by atoms with E-state index in [0.717, 1.165) is 32.3 Å². The molecule has 5 rings (SSSR count). The van der Waals surface area contributed by atoms with Crippen molar-refractivity contribution in [1.82, 2.24) is 20.3 Å². The summed E-state index contributed by atoms with van der Waals surface area (Å²) in [5.74, 6) is -2.66. The Kier molecular flexibility index (Phi) is 4.90. The van der Waals surface area contributed by atoms with Crippen LogP contribution in [0.2, 0.25) is 5.02 Å². The van der Waals surface area contributed by atoms with Gasteiger partial charge in [0.1, 0.15) is 17.7 Å². The fraction of sp³-hybridized carbons (Fsp3) is 0.381. The molecule has 2 aliphatic heterocycles. The largest absolute Gasteiger partial charge is 0.351 e. The standard InChI is InChI=1S/C21H20ClF3N6/c1-21(24,25)7-11-2-3-14(18(23)17(11)22)29-20-19-15(27-10-28-20)4-5-16(30-19)31-9-12-6-13(31)8-26-12/h2-5,10,12-13,26H,6-9H2,1H3,(H,27,28,29)/t12-,13-/m0/s1. The van der Waals surface area contributed by atoms with Crippen molar-refractivity contribution in [3.05, 3.63) is 47.0 Å². The lowest BCUT2D eigenvalue weighted by Gasteiger charge is -2.28. The summed E-state index contributed by atoms with van der Waals surface area (Å²) in [5, 5.41) is 6.03. The minimum atomic E-state index is -2.99. The van der Waals surface area contributed by atoms with Crippen molar-refractivity contribution < 1.29 is 13.2 Å². The second-order valence-corrected chi connectivity index (χ2v) is 8.56. The van der Waals surface area contributed by atoms with Crippen LogP contribution in [-0.2, 0) is 6.42 Å². The van der Waals surface area contributed by atoms with Gasteiger partial charge in [-0.1, -0.05) is 17.7 Å². The topological polar surface area (TPSA) is 66.0 Å². The number of nitrogens with zero attached hydrogens (tertiary/aromatic N) is 4. The molecule has 3 aromatic rings. The highest BCUT2D eigenvalue weighted by molar-refractivity contribution is 6.31. The van der Waals surface area contributed by atoms with Gasteiger partial charge in [0.15, 0.2) is 11.6 Å². The van der Waals surface area contributed by atoms with Gasteiger partial charge >= 0.3 is 0 Å². The zero-order chi connectivity index (χ0) is 21.8. The average Bonchev–Trinajstić information content (AvgIpc) is 3.36. The fourth-order valence-corrected chi connectivity index (χ4v) is 4.54. The van der Waals surface area contributed by atoms with Gasteiger partial charge in [-0.3, -0.25) is 0 Å². The predicted octanol–water partition coefficient (Wildman–Crippen LogP) is 4.31. The number of nitrogens with one attached hydrogen (secondary N) is 2. The molecule has 0 radical (unpaired) electrons. The Morgan fingerprint density at radius 2 is 2.10 bits per heavy atom. The predicted molar refractivity (Wildman–Crippen MR) is 114 cm³/mol. The molecule has 162 valence electrons. The molecule has 2 N–H and O–H groups in total. The van der Waals surface area contributed by atoms with E-state index in [1.165, 1.54) is 18.5 Å². The third-order valence-electron chi connectivity index (χ3n) is 5.73. The first kappa shape index (κ1) is 20.3. The summed E-state index contributed by atoms with van der Waals surface area (Å²) in [6, 6.07) is 7.43. The van der Waals surface area contributed by atoms with E-state index in [1.54, 1.807) is 0 Å². The maximum Gasteiger partial charge on any atom is 0.249 e. The number of rotatable bonds is 5. The lowest BCUT2D eigenvalue weighted by molar-refractivity contribution is 0.0226. The van der Waals surface area contributed by atoms with Crippen molar-refractivity contribution in [2.75, 3.05) is 23.3 Å². The van der Waals surface area contributed by atoms with Gasteiger partial charge in [-0.05, 0) is 37.1 Å². The van der Waals surface area contributed by atoms with E-state index in [2.05, 4.69) is 25.5 Å². The number of pyridine rings is 1. The molecule has 2 fully saturated rings. The maximum absolute atomic E-state index is 14.8. The summed E-state index contributed by atoms with van der Waals surface area (Å²) in [6.07, 6.45) is 1.81. The van der Waals surface area contributed by atoms with E-state index >= 15 is 0 Å². The Balaban J connectivity index is 1.48. The first-order valence-electron chi connectivity index (χ1n) is 10.0. The summed E-state index contributed by atoms with van der Waals surface area (Å²) in [5.41, 5.74) is 1.18. The Morgan fingerprint density at radius 1 is 1.26 bits per heavy atom. The van der Waals surface area contributed by atoms with Gasteiger partial charge in [-0.2, -0.15) is 0 Å². The van der Waals surface area contributed by atoms with E-state index in [9.17, 15) is 13.2 Å². The molecule has 2 bridgehead atoms. The number of aromatic nitrogens is 3. The third kappa shape index (κ3) is 3.87. The van der Waals surface area contributed by atoms with Gasteiger partial charge in [0.25, 0.3) is 0 Å². The first-order chi connectivity index (χ1) is 14.8. The number of alkyl halides is 2. The molecule has 0 aliphatic carbocycles. The first-order valence-corrected chi connectivity index (χ1v) is 10.4. The van der Waals surface area contributed by atoms with Crippen molar-refractivity contribution in [3.63, 3.8) is 0 Å². The average molecular weight is 449 g/mol. The van der Waals surface area contributed by atoms with E-state index in [1.807, 2.05) is 12.1 Å². The molecule has 0 saturated carbocycles. The maximum atomic E-state index is 14.8. The zero-order valence-electron chi connectivity index (χ0n) is 16.7. The Bertz CT molecular complexity index is 1150. The van der Waals surface area contributed by atoms with Crippen LogP contribution in [0, 0.1) is 5.82 Å². The molecule has 31 heavy (non-hydrogen) atoms. The van der Waals surface area contributed by atoms with Crippen LogP contribution >= 0.6 is 11.6 Å². The second kappa shape index (κ2) is 7.49. The highest BCUT2D eigenvalue weighted by atomic mass is 35.5. The van der Waals surface area contributed by atoms with Gasteiger partial charge in [0, 0.05) is 31.6 Å². The number of benzene rings is 1. The number of anilines is 3. The quantitative estimate of drug-likeness (QED) is 0.606. The Hall–Kier alpha value is -2.65. The van der Waals surface area contributed by atoms with Crippen LogP contribution in [0.1, 0.15) is 18.9 Å². The molecule has 6 nitrogen and oxygen atoms in total. The van der Waals surface area contributed by atoms with Gasteiger partial charge in [0.05, 0.1) is 16.2 Å². The van der Waals surface area contributed by atoms with Crippen LogP contribution in [0.25, 0.3) is 11.0 Å². The lowest BCUT2D eigenvalue weighted by atomic mass is 10.1. The number of fused-ring (bicyclic) bond motifs is 3. The Morgan fingerprint density at radius 3 is 2.81 bits per heavy atom. The van der Waals surface area contributed by atoms with Crippen LogP contribution in [0.5, 0.6) is 0 Å². The number of halogens is 4. The molecule has 0 unspecified atom stereocenters. The van der Waals surface area contributed by atoms with Gasteiger partial charge in [0.2, 0.25) is 5.92 Å². The van der Waals surface area contributed by atoms with Gasteiger partial charge in [-0.25, -0.2) is 28.1 Å². The summed E-state index contributed by atoms with van der Waals surface area (Å²) in [6.45, 7) is 2.58. The molecule has 4 heterocycles. The molecular formula is C21H20ClF3N6. The van der Waals surface area contributed by atoms with E-state index in [4.69, 9.17) is 16.6 Å². The summed E-state index contributed by atoms with van der Waals surface area (Å²) >= 11 is 6.03. The normalized spacial score (nSPS) is 20.6. The molecule has 2 aliphatic rings. The van der Waals surface area contributed by atoms with Crippen LogP contribution in [0.15, 0.2) is 30.6 Å². The number of hydrogen-bond donors (Lipinski definition) is 2. The minimum Gasteiger partial charge on any atom is -0.351 e. The molecule has 0 spiro atoms. The van der Waals surface area contributed by atoms with E-state index < -0.39 is 18.2 Å². The van der Waals surface area contributed by atoms with Crippen molar-refractivity contribution in [2.24, 2.45) is 0 Å². The fourth-order valence-electron chi connectivity index (χ4n) is 4.31. The summed E-state index contributed by atoms with van der Waals surface area (Å²) in [7, 11) is 0. The molecule has 2 saturated heterocycles. The summed E-state index contributed by atoms with van der Waals surface area (Å²) < 4.78 is 41.5. The van der Waals surface area contributed by atoms with E-state index in [0.29, 0.717) is 28.9 Å². The highest BCUT2D eigenvalue weighted by Gasteiger charge is 2.38. The number of hydrogen-bond acceptors (Lipinski definition) is 6. The zero-order valence-corrected chi connectivity index (χ0v) is 17.4. The molecule has 1 aromatic carbocycles. The van der Waals surface area contributed by atoms with Crippen molar-refractivity contribution >= 4 is 40.0 Å². The van der Waals surface area contributed by atoms with Crippen molar-refractivity contribution in [3.8, 4) is 0 Å². The smallest absolute Gasteiger partial charge is 0.249 e. The summed E-state index contributed by atoms with van der Waals surface area (Å²) in [4.78, 5) is 15.5. The second-order valence-electron chi connectivity index (χ2n) is 8.18. The molecule has 2 atom stereocenters. The van der Waals surface area contributed by atoms with Crippen LogP contribution < -0.4 is 15.5 Å². The molecule has 2 aromatic heterocycles. The molecule has 0 amide bonds. The minimum absolute atomic E-state index is 0.0322. The SMILES string of the molecule is CC(F)(F)Cc1ccc(Nc2ncnc3ccc(N4C[C@@H]5C[C@H]4CN5)nc23)c(F)c1Cl. The monoisotopic (exact) mass is 448 g/mol. The highest BCUT2D eigenvalue weighted by Crippen LogP contribution is 2.34. The van der Waals surface area contributed by atoms with Gasteiger partial charge < -0.3 is 15.5 Å². The lowest BCUT2D eigenvalue weighted by Crippen LogP contribution is -2.44. The molecule has 10 heteroatoms. The number of piperazine rings is 1. The van der Waals surface area contributed by atoms with Crippen LogP contribution in [-0.4, -0.2) is 46.0 Å². The van der Waals surface area contributed by atoms with Crippen molar-refractivity contribution in [1.29, 1.82) is 0 Å². The third-order valence-corrected chi connectivity index (χ3v) is 6.14. The van der Waals surface area contributed by atoms with Gasteiger partial charge in [-0.15, -0.1) is 0 Å². The van der Waals surface area contributed by atoms with Crippen molar-refractivity contribution in [2.45, 2.75) is 37.8 Å². The van der Waals surface area contributed by atoms with Crippen LogP contribution in [0.4, 0.5) is 30.5 Å².